The van der Waals surface area contributed by atoms with Crippen LogP contribution in [0.15, 0.2) is 34.1 Å². The number of hydrogen-bond donors (Lipinski definition) is 1. The lowest BCUT2D eigenvalue weighted by atomic mass is 10.0. The number of hydrogen-bond acceptors (Lipinski definition) is 2. The first kappa shape index (κ1) is 13.5. The van der Waals surface area contributed by atoms with Gasteiger partial charge in [-0.05, 0) is 73.6 Å². The summed E-state index contributed by atoms with van der Waals surface area (Å²) in [7, 11) is 0. The fourth-order valence-corrected chi connectivity index (χ4v) is 3.44. The van der Waals surface area contributed by atoms with Crippen LogP contribution in [0.2, 0.25) is 0 Å². The molecule has 0 aliphatic rings. The Morgan fingerprint density at radius 2 is 2.24 bits per heavy atom. The van der Waals surface area contributed by atoms with E-state index in [-0.39, 0.29) is 11.9 Å². The summed E-state index contributed by atoms with van der Waals surface area (Å²) >= 11 is 7.20. The van der Waals surface area contributed by atoms with Crippen molar-refractivity contribution < 1.29 is 4.39 Å². The van der Waals surface area contributed by atoms with E-state index in [1.165, 1.54) is 8.95 Å². The van der Waals surface area contributed by atoms with Gasteiger partial charge in [0.15, 0.2) is 0 Å². The first-order valence-electron chi connectivity index (χ1n) is 5.00. The van der Waals surface area contributed by atoms with Crippen molar-refractivity contribution in [3.8, 4) is 0 Å². The molecule has 1 aromatic heterocycles. The van der Waals surface area contributed by atoms with E-state index in [9.17, 15) is 4.39 Å². The zero-order valence-electron chi connectivity index (χ0n) is 8.79. The minimum atomic E-state index is -0.241. The van der Waals surface area contributed by atoms with E-state index >= 15 is 0 Å². The molecule has 0 saturated heterocycles. The van der Waals surface area contributed by atoms with Gasteiger partial charge in [-0.25, -0.2) is 4.39 Å². The summed E-state index contributed by atoms with van der Waals surface area (Å²) in [6.45, 7) is 0. The lowest BCUT2D eigenvalue weighted by Gasteiger charge is -2.11. The van der Waals surface area contributed by atoms with Gasteiger partial charge in [-0.1, -0.05) is 12.1 Å². The van der Waals surface area contributed by atoms with Crippen LogP contribution in [0, 0.1) is 8.70 Å². The first-order valence-corrected chi connectivity index (χ1v) is 7.75. The molecular formula is C12H10BrFINS. The van der Waals surface area contributed by atoms with Crippen LogP contribution < -0.4 is 5.73 Å². The first-order chi connectivity index (χ1) is 8.08. The molecule has 2 aromatic rings. The molecule has 90 valence electrons. The molecule has 1 aromatic carbocycles. The molecule has 0 aliphatic heterocycles. The van der Waals surface area contributed by atoms with E-state index in [0.29, 0.717) is 10.9 Å². The van der Waals surface area contributed by atoms with Crippen LogP contribution in [-0.4, -0.2) is 0 Å². The second-order valence-electron chi connectivity index (χ2n) is 3.71. The Kier molecular flexibility index (Phi) is 4.57. The molecule has 0 aliphatic carbocycles. The van der Waals surface area contributed by atoms with Crippen molar-refractivity contribution >= 4 is 49.9 Å². The maximum Gasteiger partial charge on any atom is 0.137 e. The average Bonchev–Trinajstić information content (AvgIpc) is 2.72. The number of rotatable bonds is 3. The fraction of sp³-hybridized carbons (Fsp3) is 0.167. The van der Waals surface area contributed by atoms with Crippen LogP contribution in [0.4, 0.5) is 4.39 Å². The highest BCUT2D eigenvalue weighted by atomic mass is 127. The molecule has 1 heterocycles. The van der Waals surface area contributed by atoms with Crippen molar-refractivity contribution in [2.75, 3.05) is 0 Å². The second-order valence-corrected chi connectivity index (χ2v) is 7.31. The zero-order valence-corrected chi connectivity index (χ0v) is 13.4. The smallest absolute Gasteiger partial charge is 0.137 e. The Labute approximate surface area is 125 Å². The topological polar surface area (TPSA) is 26.0 Å². The summed E-state index contributed by atoms with van der Waals surface area (Å²) in [6, 6.07) is 7.02. The number of halogens is 3. The highest BCUT2D eigenvalue weighted by molar-refractivity contribution is 14.1. The van der Waals surface area contributed by atoms with Crippen LogP contribution in [0.5, 0.6) is 0 Å². The van der Waals surface area contributed by atoms with Gasteiger partial charge in [-0.15, -0.1) is 11.3 Å². The maximum atomic E-state index is 13.3. The Bertz CT molecular complexity index is 529. The second kappa shape index (κ2) is 5.77. The molecule has 2 N–H and O–H groups in total. The molecule has 0 radical (unpaired) electrons. The third-order valence-electron chi connectivity index (χ3n) is 2.49. The SMILES string of the molecule is NC(Cc1cccc(F)c1Br)c1csc(I)c1. The van der Waals surface area contributed by atoms with Gasteiger partial charge in [-0.3, -0.25) is 0 Å². The number of thiophene rings is 1. The van der Waals surface area contributed by atoms with Crippen LogP contribution >= 0.6 is 49.9 Å². The summed E-state index contributed by atoms with van der Waals surface area (Å²) in [6.07, 6.45) is 0.630. The van der Waals surface area contributed by atoms with Gasteiger partial charge in [0.25, 0.3) is 0 Å². The summed E-state index contributed by atoms with van der Waals surface area (Å²) in [5.74, 6) is -0.241. The minimum Gasteiger partial charge on any atom is -0.324 e. The van der Waals surface area contributed by atoms with E-state index in [4.69, 9.17) is 5.73 Å². The molecule has 17 heavy (non-hydrogen) atoms. The highest BCUT2D eigenvalue weighted by Gasteiger charge is 2.12. The standard InChI is InChI=1S/C12H10BrFINS/c13-12-7(2-1-3-9(12)14)4-10(16)8-5-11(15)17-6-8/h1-3,5-6,10H,4,16H2. The van der Waals surface area contributed by atoms with Crippen molar-refractivity contribution in [1.29, 1.82) is 0 Å². The lowest BCUT2D eigenvalue weighted by Crippen LogP contribution is -2.13. The van der Waals surface area contributed by atoms with Gasteiger partial charge in [0, 0.05) is 6.04 Å². The van der Waals surface area contributed by atoms with E-state index in [0.717, 1.165) is 11.1 Å². The molecule has 0 bridgehead atoms. The van der Waals surface area contributed by atoms with E-state index in [2.05, 4.69) is 50.0 Å². The quantitative estimate of drug-likeness (QED) is 0.720. The maximum absolute atomic E-state index is 13.3. The van der Waals surface area contributed by atoms with E-state index in [1.54, 1.807) is 17.4 Å². The molecule has 1 unspecified atom stereocenters. The lowest BCUT2D eigenvalue weighted by molar-refractivity contribution is 0.614. The van der Waals surface area contributed by atoms with Crippen molar-refractivity contribution in [3.63, 3.8) is 0 Å². The molecule has 0 spiro atoms. The van der Waals surface area contributed by atoms with Crippen LogP contribution in [0.1, 0.15) is 17.2 Å². The van der Waals surface area contributed by atoms with Crippen LogP contribution in [-0.2, 0) is 6.42 Å². The van der Waals surface area contributed by atoms with Crippen molar-refractivity contribution in [1.82, 2.24) is 0 Å². The Balaban J connectivity index is 2.18. The molecule has 1 atom stereocenters. The van der Waals surface area contributed by atoms with Gasteiger partial charge in [0.2, 0.25) is 0 Å². The third-order valence-corrected chi connectivity index (χ3v) is 5.18. The zero-order chi connectivity index (χ0) is 12.4. The Morgan fingerprint density at radius 3 is 2.88 bits per heavy atom. The van der Waals surface area contributed by atoms with Crippen molar-refractivity contribution in [3.05, 3.63) is 53.9 Å². The molecule has 5 heteroatoms. The van der Waals surface area contributed by atoms with Gasteiger partial charge in [0.05, 0.1) is 7.36 Å². The van der Waals surface area contributed by atoms with E-state index < -0.39 is 0 Å². The molecule has 2 rings (SSSR count). The summed E-state index contributed by atoms with van der Waals surface area (Å²) in [5.41, 5.74) is 8.13. The van der Waals surface area contributed by atoms with E-state index in [1.807, 2.05) is 6.07 Å². The molecule has 0 amide bonds. The van der Waals surface area contributed by atoms with Gasteiger partial charge in [0.1, 0.15) is 5.82 Å². The molecule has 0 fully saturated rings. The van der Waals surface area contributed by atoms with Gasteiger partial charge >= 0.3 is 0 Å². The minimum absolute atomic E-state index is 0.0899. The highest BCUT2D eigenvalue weighted by Crippen LogP contribution is 2.27. The average molecular weight is 426 g/mol. The number of benzene rings is 1. The largest absolute Gasteiger partial charge is 0.324 e. The van der Waals surface area contributed by atoms with Crippen LogP contribution in [0.25, 0.3) is 0 Å². The molecule has 1 nitrogen and oxygen atoms in total. The van der Waals surface area contributed by atoms with Crippen molar-refractivity contribution in [2.45, 2.75) is 12.5 Å². The summed E-state index contributed by atoms with van der Waals surface area (Å²) < 4.78 is 15.1. The summed E-state index contributed by atoms with van der Waals surface area (Å²) in [5, 5.41) is 2.06. The number of nitrogens with two attached hydrogens (primary N) is 1. The predicted octanol–water partition coefficient (Wildman–Crippen LogP) is 4.50. The predicted molar refractivity (Wildman–Crippen MR) is 81.8 cm³/mol. The fourth-order valence-electron chi connectivity index (χ4n) is 1.58. The Hall–Kier alpha value is 0.0200. The molecule has 0 saturated carbocycles. The van der Waals surface area contributed by atoms with Gasteiger partial charge < -0.3 is 5.73 Å². The van der Waals surface area contributed by atoms with Gasteiger partial charge in [-0.2, -0.15) is 0 Å². The van der Waals surface area contributed by atoms with Crippen LogP contribution in [0.3, 0.4) is 0 Å². The monoisotopic (exact) mass is 425 g/mol. The third kappa shape index (κ3) is 3.27. The van der Waals surface area contributed by atoms with Crippen molar-refractivity contribution in [2.24, 2.45) is 5.73 Å². The Morgan fingerprint density at radius 1 is 1.47 bits per heavy atom. The molecular weight excluding hydrogens is 416 g/mol. The summed E-state index contributed by atoms with van der Waals surface area (Å²) in [4.78, 5) is 0. The normalized spacial score (nSPS) is 12.7.